The number of aliphatic imine (C=N–C) groups is 1. The largest absolute Gasteiger partial charge is 0.370 e. The molecule has 0 atom stereocenters. The van der Waals surface area contributed by atoms with Crippen molar-refractivity contribution in [2.45, 2.75) is 6.42 Å². The van der Waals surface area contributed by atoms with Gasteiger partial charge in [-0.2, -0.15) is 0 Å². The molecule has 72 valence electrons. The molecule has 1 rings (SSSR count). The van der Waals surface area contributed by atoms with E-state index in [0.717, 1.165) is 13.0 Å². The topological polar surface area (TPSA) is 50.4 Å². The minimum absolute atomic E-state index is 0.506. The summed E-state index contributed by atoms with van der Waals surface area (Å²) in [5.74, 6) is 0.506. The van der Waals surface area contributed by atoms with Crippen molar-refractivity contribution in [2.24, 2.45) is 10.7 Å². The van der Waals surface area contributed by atoms with Crippen molar-refractivity contribution in [3.8, 4) is 0 Å². The van der Waals surface area contributed by atoms with Crippen molar-refractivity contribution < 1.29 is 0 Å². The summed E-state index contributed by atoms with van der Waals surface area (Å²) in [7, 11) is 1.68. The van der Waals surface area contributed by atoms with Crippen molar-refractivity contribution >= 4 is 39.9 Å². The number of hydrogen-bond acceptors (Lipinski definition) is 2. The molecule has 3 nitrogen and oxygen atoms in total. The molecule has 1 aromatic rings. The van der Waals surface area contributed by atoms with Gasteiger partial charge in [0.05, 0.1) is 2.88 Å². The second-order valence-corrected chi connectivity index (χ2v) is 5.55. The highest BCUT2D eigenvalue weighted by molar-refractivity contribution is 14.1. The molecule has 3 N–H and O–H groups in total. The number of nitrogens with two attached hydrogens (primary N) is 1. The van der Waals surface area contributed by atoms with Crippen LogP contribution in [-0.2, 0) is 6.42 Å². The van der Waals surface area contributed by atoms with Crippen molar-refractivity contribution in [2.75, 3.05) is 13.6 Å². The first-order valence-corrected chi connectivity index (χ1v) is 5.82. The lowest BCUT2D eigenvalue weighted by Gasteiger charge is -2.02. The fourth-order valence-corrected chi connectivity index (χ4v) is 2.63. The maximum absolute atomic E-state index is 5.48. The number of nitrogens with zero attached hydrogens (tertiary/aromatic N) is 1. The van der Waals surface area contributed by atoms with E-state index in [4.69, 9.17) is 5.73 Å². The molecule has 0 saturated heterocycles. The van der Waals surface area contributed by atoms with E-state index in [1.165, 1.54) is 7.76 Å². The summed E-state index contributed by atoms with van der Waals surface area (Å²) in [4.78, 5) is 5.19. The Labute approximate surface area is 95.6 Å². The zero-order valence-corrected chi connectivity index (χ0v) is 10.4. The fourth-order valence-electron chi connectivity index (χ4n) is 0.879. The van der Waals surface area contributed by atoms with Gasteiger partial charge in [-0.05, 0) is 41.1 Å². The molecule has 0 saturated carbocycles. The third-order valence-electron chi connectivity index (χ3n) is 1.55. The third-order valence-corrected chi connectivity index (χ3v) is 3.50. The van der Waals surface area contributed by atoms with E-state index in [-0.39, 0.29) is 0 Å². The van der Waals surface area contributed by atoms with E-state index in [9.17, 15) is 0 Å². The lowest BCUT2D eigenvalue weighted by Crippen LogP contribution is -2.32. The molecule has 0 unspecified atom stereocenters. The second-order valence-electron chi connectivity index (χ2n) is 2.49. The van der Waals surface area contributed by atoms with Crippen LogP contribution >= 0.6 is 33.9 Å². The highest BCUT2D eigenvalue weighted by Crippen LogP contribution is 2.18. The summed E-state index contributed by atoms with van der Waals surface area (Å²) >= 11 is 4.14. The Hall–Kier alpha value is -0.300. The van der Waals surface area contributed by atoms with Gasteiger partial charge in [0.25, 0.3) is 0 Å². The molecule has 0 aliphatic heterocycles. The zero-order chi connectivity index (χ0) is 9.68. The van der Waals surface area contributed by atoms with E-state index in [0.29, 0.717) is 5.96 Å². The van der Waals surface area contributed by atoms with Crippen LogP contribution in [0.5, 0.6) is 0 Å². The van der Waals surface area contributed by atoms with Crippen LogP contribution in [0.1, 0.15) is 4.88 Å². The summed E-state index contributed by atoms with van der Waals surface area (Å²) < 4.78 is 1.32. The van der Waals surface area contributed by atoms with Crippen LogP contribution in [0.4, 0.5) is 0 Å². The molecule has 0 fully saturated rings. The van der Waals surface area contributed by atoms with E-state index in [2.05, 4.69) is 45.0 Å². The van der Waals surface area contributed by atoms with Crippen LogP contribution in [0, 0.1) is 2.88 Å². The molecule has 1 aromatic heterocycles. The van der Waals surface area contributed by atoms with E-state index in [1.807, 2.05) is 11.3 Å². The maximum Gasteiger partial charge on any atom is 0.188 e. The third kappa shape index (κ3) is 3.95. The Kier molecular flexibility index (Phi) is 4.51. The predicted octanol–water partition coefficient (Wildman–Crippen LogP) is 1.43. The summed E-state index contributed by atoms with van der Waals surface area (Å²) in [6, 6.07) is 4.27. The van der Waals surface area contributed by atoms with Gasteiger partial charge in [0, 0.05) is 18.5 Å². The normalized spacial score (nSPS) is 11.7. The lowest BCUT2D eigenvalue weighted by atomic mass is 10.3. The minimum Gasteiger partial charge on any atom is -0.370 e. The smallest absolute Gasteiger partial charge is 0.188 e. The summed E-state index contributed by atoms with van der Waals surface area (Å²) in [6.45, 7) is 0.847. The molecular formula is C8H12IN3S. The lowest BCUT2D eigenvalue weighted by molar-refractivity contribution is 0.867. The van der Waals surface area contributed by atoms with Gasteiger partial charge in [-0.15, -0.1) is 11.3 Å². The standard InChI is InChI=1S/C8H12IN3S/c1-11-8(10)12-5-4-6-2-3-7(9)13-6/h2-3H,4-5H2,1H3,(H3,10,11,12). The SMILES string of the molecule is CN=C(N)NCCc1ccc(I)s1. The van der Waals surface area contributed by atoms with Crippen molar-refractivity contribution in [3.05, 3.63) is 19.9 Å². The van der Waals surface area contributed by atoms with Gasteiger partial charge in [0.15, 0.2) is 5.96 Å². The van der Waals surface area contributed by atoms with Gasteiger partial charge in [0.1, 0.15) is 0 Å². The molecule has 0 aliphatic carbocycles. The molecule has 1 heterocycles. The first-order valence-electron chi connectivity index (χ1n) is 3.92. The molecule has 5 heteroatoms. The van der Waals surface area contributed by atoms with Crippen molar-refractivity contribution in [1.82, 2.24) is 5.32 Å². The monoisotopic (exact) mass is 309 g/mol. The van der Waals surface area contributed by atoms with Gasteiger partial charge >= 0.3 is 0 Å². The Balaban J connectivity index is 2.28. The van der Waals surface area contributed by atoms with Crippen molar-refractivity contribution in [3.63, 3.8) is 0 Å². The summed E-state index contributed by atoms with van der Waals surface area (Å²) in [6.07, 6.45) is 1.00. The quantitative estimate of drug-likeness (QED) is 0.504. The maximum atomic E-state index is 5.48. The van der Waals surface area contributed by atoms with Gasteiger partial charge in [-0.3, -0.25) is 4.99 Å². The van der Waals surface area contributed by atoms with Crippen LogP contribution < -0.4 is 11.1 Å². The Bertz CT molecular complexity index is 295. The first kappa shape index (κ1) is 10.8. The second kappa shape index (κ2) is 5.43. The van der Waals surface area contributed by atoms with Gasteiger partial charge < -0.3 is 11.1 Å². The average molecular weight is 309 g/mol. The summed E-state index contributed by atoms with van der Waals surface area (Å²) in [5, 5.41) is 3.02. The van der Waals surface area contributed by atoms with Crippen LogP contribution in [0.15, 0.2) is 17.1 Å². The van der Waals surface area contributed by atoms with Gasteiger partial charge in [-0.25, -0.2) is 0 Å². The predicted molar refractivity (Wildman–Crippen MR) is 66.3 cm³/mol. The van der Waals surface area contributed by atoms with Crippen LogP contribution in [0.2, 0.25) is 0 Å². The molecule has 0 aliphatic rings. The molecule has 0 bridgehead atoms. The Morgan fingerprint density at radius 3 is 3.00 bits per heavy atom. The number of halogens is 1. The van der Waals surface area contributed by atoms with E-state index in [1.54, 1.807) is 7.05 Å². The first-order chi connectivity index (χ1) is 6.22. The minimum atomic E-state index is 0.506. The van der Waals surface area contributed by atoms with Crippen molar-refractivity contribution in [1.29, 1.82) is 0 Å². The van der Waals surface area contributed by atoms with Crippen LogP contribution in [0.25, 0.3) is 0 Å². The highest BCUT2D eigenvalue weighted by Gasteiger charge is 1.97. The zero-order valence-electron chi connectivity index (χ0n) is 7.38. The van der Waals surface area contributed by atoms with E-state index >= 15 is 0 Å². The highest BCUT2D eigenvalue weighted by atomic mass is 127. The molecule has 13 heavy (non-hydrogen) atoms. The van der Waals surface area contributed by atoms with E-state index < -0.39 is 0 Å². The summed E-state index contributed by atoms with van der Waals surface area (Å²) in [5.41, 5.74) is 5.48. The molecular weight excluding hydrogens is 297 g/mol. The number of hydrogen-bond donors (Lipinski definition) is 2. The fraction of sp³-hybridized carbons (Fsp3) is 0.375. The number of rotatable bonds is 3. The molecule has 0 radical (unpaired) electrons. The number of guanidine groups is 1. The molecule has 0 aromatic carbocycles. The van der Waals surface area contributed by atoms with Gasteiger partial charge in [-0.1, -0.05) is 0 Å². The Morgan fingerprint density at radius 2 is 2.46 bits per heavy atom. The average Bonchev–Trinajstić information content (AvgIpc) is 2.51. The molecule has 0 spiro atoms. The molecule has 0 amide bonds. The number of nitrogens with one attached hydrogen (secondary N) is 1. The van der Waals surface area contributed by atoms with Crippen LogP contribution in [-0.4, -0.2) is 19.6 Å². The Morgan fingerprint density at radius 1 is 1.69 bits per heavy atom. The van der Waals surface area contributed by atoms with Crippen LogP contribution in [0.3, 0.4) is 0 Å². The van der Waals surface area contributed by atoms with Gasteiger partial charge in [0.2, 0.25) is 0 Å². The number of thiophene rings is 1.